The Labute approximate surface area is 103 Å². The molecule has 0 spiro atoms. The largest absolute Gasteiger partial charge is 0.356 e. The van der Waals surface area contributed by atoms with Crippen LogP contribution in [-0.4, -0.2) is 28.6 Å². The molecule has 0 amide bonds. The van der Waals surface area contributed by atoms with E-state index in [1.165, 1.54) is 18.4 Å². The van der Waals surface area contributed by atoms with Gasteiger partial charge in [0.15, 0.2) is 0 Å². The minimum absolute atomic E-state index is 0.123. The molecule has 1 aromatic rings. The maximum absolute atomic E-state index is 4.44. The van der Waals surface area contributed by atoms with Gasteiger partial charge in [-0.3, -0.25) is 0 Å². The minimum atomic E-state index is 0.123. The van der Waals surface area contributed by atoms with Gasteiger partial charge in [-0.05, 0) is 33.6 Å². The second-order valence-corrected chi connectivity index (χ2v) is 5.67. The van der Waals surface area contributed by atoms with E-state index in [0.29, 0.717) is 0 Å². The molecule has 0 unspecified atom stereocenters. The van der Waals surface area contributed by atoms with E-state index in [2.05, 4.69) is 41.0 Å². The van der Waals surface area contributed by atoms with Crippen LogP contribution in [0, 0.1) is 0 Å². The Morgan fingerprint density at radius 2 is 2.00 bits per heavy atom. The molecule has 1 aliphatic rings. The summed E-state index contributed by atoms with van der Waals surface area (Å²) in [5, 5.41) is 3.50. The number of rotatable bonds is 3. The zero-order valence-corrected chi connectivity index (χ0v) is 11.0. The van der Waals surface area contributed by atoms with E-state index in [1.54, 1.807) is 6.33 Å². The number of nitrogens with one attached hydrogen (secondary N) is 1. The van der Waals surface area contributed by atoms with Crippen molar-refractivity contribution < 1.29 is 0 Å². The summed E-state index contributed by atoms with van der Waals surface area (Å²) in [5.74, 6) is 1.11. The monoisotopic (exact) mass is 234 g/mol. The van der Waals surface area contributed by atoms with E-state index < -0.39 is 0 Å². The first kappa shape index (κ1) is 12.3. The highest BCUT2D eigenvalue weighted by Gasteiger charge is 2.18. The second kappa shape index (κ2) is 5.00. The first-order valence-corrected chi connectivity index (χ1v) is 6.35. The molecule has 17 heavy (non-hydrogen) atoms. The normalized spacial score (nSPS) is 16.5. The SMILES string of the molecule is CC(C)(C)NCc1cncnc1N1CCCC1. The average Bonchev–Trinajstić information content (AvgIpc) is 2.79. The third-order valence-corrected chi connectivity index (χ3v) is 2.98. The molecule has 1 N–H and O–H groups in total. The first-order chi connectivity index (χ1) is 8.06. The summed E-state index contributed by atoms with van der Waals surface area (Å²) in [6.07, 6.45) is 6.12. The van der Waals surface area contributed by atoms with Crippen molar-refractivity contribution in [1.82, 2.24) is 15.3 Å². The quantitative estimate of drug-likeness (QED) is 0.868. The third kappa shape index (κ3) is 3.40. The summed E-state index contributed by atoms with van der Waals surface area (Å²) in [4.78, 5) is 10.9. The minimum Gasteiger partial charge on any atom is -0.356 e. The number of anilines is 1. The van der Waals surface area contributed by atoms with Gasteiger partial charge in [-0.2, -0.15) is 0 Å². The number of hydrogen-bond donors (Lipinski definition) is 1. The number of nitrogens with zero attached hydrogens (tertiary/aromatic N) is 3. The smallest absolute Gasteiger partial charge is 0.136 e. The van der Waals surface area contributed by atoms with Crippen LogP contribution in [0.1, 0.15) is 39.2 Å². The van der Waals surface area contributed by atoms with Gasteiger partial charge in [0, 0.05) is 36.9 Å². The molecule has 1 aromatic heterocycles. The van der Waals surface area contributed by atoms with Crippen LogP contribution in [0.2, 0.25) is 0 Å². The van der Waals surface area contributed by atoms with Crippen molar-refractivity contribution in [2.75, 3.05) is 18.0 Å². The fourth-order valence-corrected chi connectivity index (χ4v) is 2.05. The molecule has 0 saturated carbocycles. The molecule has 94 valence electrons. The summed E-state index contributed by atoms with van der Waals surface area (Å²) in [7, 11) is 0. The fourth-order valence-electron chi connectivity index (χ4n) is 2.05. The van der Waals surface area contributed by atoms with Gasteiger partial charge in [0.2, 0.25) is 0 Å². The lowest BCUT2D eigenvalue weighted by Gasteiger charge is -2.23. The first-order valence-electron chi connectivity index (χ1n) is 6.35. The highest BCUT2D eigenvalue weighted by molar-refractivity contribution is 5.46. The van der Waals surface area contributed by atoms with Gasteiger partial charge in [-0.1, -0.05) is 0 Å². The maximum atomic E-state index is 4.44. The Morgan fingerprint density at radius 3 is 2.65 bits per heavy atom. The lowest BCUT2D eigenvalue weighted by atomic mass is 10.1. The molecule has 0 radical (unpaired) electrons. The molecule has 1 saturated heterocycles. The Balaban J connectivity index is 2.10. The van der Waals surface area contributed by atoms with Crippen LogP contribution < -0.4 is 10.2 Å². The van der Waals surface area contributed by atoms with E-state index in [4.69, 9.17) is 0 Å². The molecule has 0 aliphatic carbocycles. The van der Waals surface area contributed by atoms with Crippen molar-refractivity contribution in [3.63, 3.8) is 0 Å². The van der Waals surface area contributed by atoms with Crippen LogP contribution in [0.3, 0.4) is 0 Å². The zero-order valence-electron chi connectivity index (χ0n) is 11.0. The molecule has 4 nitrogen and oxygen atoms in total. The lowest BCUT2D eigenvalue weighted by molar-refractivity contribution is 0.423. The van der Waals surface area contributed by atoms with Crippen molar-refractivity contribution in [3.05, 3.63) is 18.1 Å². The second-order valence-electron chi connectivity index (χ2n) is 5.67. The van der Waals surface area contributed by atoms with Crippen LogP contribution in [0.15, 0.2) is 12.5 Å². The van der Waals surface area contributed by atoms with Crippen LogP contribution in [-0.2, 0) is 6.54 Å². The highest BCUT2D eigenvalue weighted by Crippen LogP contribution is 2.21. The summed E-state index contributed by atoms with van der Waals surface area (Å²) in [5.41, 5.74) is 1.32. The van der Waals surface area contributed by atoms with E-state index >= 15 is 0 Å². The van der Waals surface area contributed by atoms with Crippen molar-refractivity contribution in [2.45, 2.75) is 45.7 Å². The van der Waals surface area contributed by atoms with E-state index in [-0.39, 0.29) is 5.54 Å². The van der Waals surface area contributed by atoms with Gasteiger partial charge >= 0.3 is 0 Å². The van der Waals surface area contributed by atoms with Crippen molar-refractivity contribution in [3.8, 4) is 0 Å². The highest BCUT2D eigenvalue weighted by atomic mass is 15.2. The van der Waals surface area contributed by atoms with E-state index in [1.807, 2.05) is 6.20 Å². The van der Waals surface area contributed by atoms with Crippen molar-refractivity contribution in [1.29, 1.82) is 0 Å². The Bertz CT molecular complexity index is 364. The van der Waals surface area contributed by atoms with Gasteiger partial charge in [0.1, 0.15) is 12.1 Å². The summed E-state index contributed by atoms with van der Waals surface area (Å²) < 4.78 is 0. The molecule has 0 aromatic carbocycles. The molecule has 0 atom stereocenters. The van der Waals surface area contributed by atoms with Gasteiger partial charge < -0.3 is 10.2 Å². The molecular formula is C13H22N4. The topological polar surface area (TPSA) is 41.1 Å². The molecule has 2 rings (SSSR count). The predicted octanol–water partition coefficient (Wildman–Crippen LogP) is 1.96. The molecule has 1 fully saturated rings. The molecule has 2 heterocycles. The number of hydrogen-bond acceptors (Lipinski definition) is 4. The Kier molecular flexibility index (Phi) is 3.62. The maximum Gasteiger partial charge on any atom is 0.136 e. The Hall–Kier alpha value is -1.16. The van der Waals surface area contributed by atoms with Crippen LogP contribution in [0.4, 0.5) is 5.82 Å². The summed E-state index contributed by atoms with van der Waals surface area (Å²) >= 11 is 0. The van der Waals surface area contributed by atoms with Crippen molar-refractivity contribution in [2.24, 2.45) is 0 Å². The average molecular weight is 234 g/mol. The lowest BCUT2D eigenvalue weighted by Crippen LogP contribution is -2.35. The van der Waals surface area contributed by atoms with Crippen molar-refractivity contribution >= 4 is 5.82 Å². The van der Waals surface area contributed by atoms with Gasteiger partial charge in [-0.15, -0.1) is 0 Å². The van der Waals surface area contributed by atoms with Crippen LogP contribution in [0.5, 0.6) is 0 Å². The summed E-state index contributed by atoms with van der Waals surface area (Å²) in [6, 6.07) is 0. The van der Waals surface area contributed by atoms with Crippen LogP contribution in [0.25, 0.3) is 0 Å². The Morgan fingerprint density at radius 1 is 1.29 bits per heavy atom. The summed E-state index contributed by atoms with van der Waals surface area (Å²) in [6.45, 7) is 9.60. The van der Waals surface area contributed by atoms with Crippen LogP contribution >= 0.6 is 0 Å². The van der Waals surface area contributed by atoms with E-state index in [9.17, 15) is 0 Å². The third-order valence-electron chi connectivity index (χ3n) is 2.98. The molecular weight excluding hydrogens is 212 g/mol. The van der Waals surface area contributed by atoms with E-state index in [0.717, 1.165) is 25.5 Å². The molecule has 4 heteroatoms. The van der Waals surface area contributed by atoms with Gasteiger partial charge in [0.05, 0.1) is 0 Å². The van der Waals surface area contributed by atoms with Gasteiger partial charge in [0.25, 0.3) is 0 Å². The standard InChI is InChI=1S/C13H22N4/c1-13(2,3)16-9-11-8-14-10-15-12(11)17-6-4-5-7-17/h8,10,16H,4-7,9H2,1-3H3. The van der Waals surface area contributed by atoms with Gasteiger partial charge in [-0.25, -0.2) is 9.97 Å². The number of aromatic nitrogens is 2. The molecule has 1 aliphatic heterocycles. The molecule has 0 bridgehead atoms. The predicted molar refractivity (Wildman–Crippen MR) is 70.1 cm³/mol. The zero-order chi connectivity index (χ0) is 12.3. The fraction of sp³-hybridized carbons (Fsp3) is 0.692.